The Labute approximate surface area is 155 Å². The second-order valence-corrected chi connectivity index (χ2v) is 6.61. The minimum Gasteiger partial charge on any atom is -0.457 e. The van der Waals surface area contributed by atoms with Crippen molar-refractivity contribution < 1.29 is 22.7 Å². The number of carbonyl (C=O) groups excluding carboxylic acids is 1. The molecule has 1 aliphatic heterocycles. The Kier molecular flexibility index (Phi) is 5.70. The summed E-state index contributed by atoms with van der Waals surface area (Å²) in [5, 5.41) is 2.68. The zero-order chi connectivity index (χ0) is 19.4. The number of carbonyl (C=O) groups is 1. The van der Waals surface area contributed by atoms with Gasteiger partial charge in [-0.05, 0) is 48.9 Å². The third-order valence-corrected chi connectivity index (χ3v) is 4.59. The molecule has 2 aromatic rings. The van der Waals surface area contributed by atoms with Gasteiger partial charge in [-0.1, -0.05) is 18.2 Å². The summed E-state index contributed by atoms with van der Waals surface area (Å²) in [6, 6.07) is 12.1. The number of rotatable bonds is 5. The van der Waals surface area contributed by atoms with Gasteiger partial charge in [0.05, 0.1) is 11.5 Å². The number of ether oxygens (including phenoxy) is 1. The molecule has 144 valence electrons. The summed E-state index contributed by atoms with van der Waals surface area (Å²) in [7, 11) is 1.64. The van der Waals surface area contributed by atoms with Crippen LogP contribution in [-0.4, -0.2) is 30.9 Å². The lowest BCUT2D eigenvalue weighted by atomic mass is 10.1. The van der Waals surface area contributed by atoms with Crippen molar-refractivity contribution in [3.05, 3.63) is 59.7 Å². The lowest BCUT2D eigenvalue weighted by Crippen LogP contribution is -2.30. The predicted octanol–water partition coefficient (Wildman–Crippen LogP) is 4.07. The molecule has 4 nitrogen and oxygen atoms in total. The molecule has 0 aliphatic carbocycles. The third-order valence-electron chi connectivity index (χ3n) is 4.59. The Balaban J connectivity index is 1.65. The Morgan fingerprint density at radius 2 is 1.89 bits per heavy atom. The third kappa shape index (κ3) is 5.01. The number of nitrogens with one attached hydrogen (secondary N) is 1. The van der Waals surface area contributed by atoms with Gasteiger partial charge in [0, 0.05) is 20.1 Å². The van der Waals surface area contributed by atoms with Crippen LogP contribution in [0, 0.1) is 5.92 Å². The van der Waals surface area contributed by atoms with E-state index in [0.717, 1.165) is 30.7 Å². The first-order valence-corrected chi connectivity index (χ1v) is 8.73. The quantitative estimate of drug-likeness (QED) is 0.853. The first-order chi connectivity index (χ1) is 12.8. The van der Waals surface area contributed by atoms with Crippen molar-refractivity contribution in [1.29, 1.82) is 0 Å². The molecule has 0 spiro atoms. The van der Waals surface area contributed by atoms with E-state index in [9.17, 15) is 18.0 Å². The zero-order valence-corrected chi connectivity index (χ0v) is 14.9. The lowest BCUT2D eigenvalue weighted by molar-refractivity contribution is -0.137. The van der Waals surface area contributed by atoms with Crippen LogP contribution in [0.25, 0.3) is 0 Å². The van der Waals surface area contributed by atoms with Gasteiger partial charge in [0.25, 0.3) is 0 Å². The van der Waals surface area contributed by atoms with Gasteiger partial charge in [0.2, 0.25) is 5.91 Å². The maximum Gasteiger partial charge on any atom is 0.416 e. The first-order valence-electron chi connectivity index (χ1n) is 8.73. The van der Waals surface area contributed by atoms with Gasteiger partial charge in [-0.15, -0.1) is 0 Å². The van der Waals surface area contributed by atoms with Crippen LogP contribution in [0.2, 0.25) is 0 Å². The topological polar surface area (TPSA) is 41.6 Å². The van der Waals surface area contributed by atoms with Crippen molar-refractivity contribution in [2.45, 2.75) is 19.1 Å². The molecule has 1 aliphatic rings. The molecule has 1 unspecified atom stereocenters. The SMILES string of the molecule is CNC(=O)C1CCN(Cc2cccc(Oc3cccc(C(F)(F)F)c3)c2)C1. The fraction of sp³-hybridized carbons (Fsp3) is 0.350. The highest BCUT2D eigenvalue weighted by atomic mass is 19.4. The normalized spacial score (nSPS) is 17.7. The number of hydrogen-bond acceptors (Lipinski definition) is 3. The van der Waals surface area contributed by atoms with Gasteiger partial charge in [-0.3, -0.25) is 9.69 Å². The Bertz CT molecular complexity index is 808. The molecule has 2 aromatic carbocycles. The highest BCUT2D eigenvalue weighted by Crippen LogP contribution is 2.33. The van der Waals surface area contributed by atoms with E-state index in [1.807, 2.05) is 18.2 Å². The summed E-state index contributed by atoms with van der Waals surface area (Å²) in [4.78, 5) is 13.9. The number of benzene rings is 2. The predicted molar refractivity (Wildman–Crippen MR) is 95.4 cm³/mol. The second kappa shape index (κ2) is 8.00. The summed E-state index contributed by atoms with van der Waals surface area (Å²) in [5.41, 5.74) is 0.241. The molecule has 7 heteroatoms. The van der Waals surface area contributed by atoms with Crippen molar-refractivity contribution in [3.8, 4) is 11.5 Å². The molecule has 1 heterocycles. The van der Waals surface area contributed by atoms with E-state index < -0.39 is 11.7 Å². The minimum absolute atomic E-state index is 0.000425. The van der Waals surface area contributed by atoms with Gasteiger partial charge in [0.15, 0.2) is 0 Å². The molecule has 1 amide bonds. The van der Waals surface area contributed by atoms with Crippen molar-refractivity contribution in [1.82, 2.24) is 10.2 Å². The average molecular weight is 378 g/mol. The summed E-state index contributed by atoms with van der Waals surface area (Å²) in [5.74, 6) is 0.676. The number of halogens is 3. The highest BCUT2D eigenvalue weighted by Gasteiger charge is 2.30. The van der Waals surface area contributed by atoms with Gasteiger partial charge >= 0.3 is 6.18 Å². The number of nitrogens with zero attached hydrogens (tertiary/aromatic N) is 1. The van der Waals surface area contributed by atoms with Crippen LogP contribution in [0.15, 0.2) is 48.5 Å². The van der Waals surface area contributed by atoms with Crippen LogP contribution in [0.3, 0.4) is 0 Å². The molecule has 1 atom stereocenters. The molecule has 27 heavy (non-hydrogen) atoms. The molecule has 0 radical (unpaired) electrons. The smallest absolute Gasteiger partial charge is 0.416 e. The fourth-order valence-corrected chi connectivity index (χ4v) is 3.23. The summed E-state index contributed by atoms with van der Waals surface area (Å²) < 4.78 is 44.1. The molecular formula is C20H21F3N2O2. The fourth-order valence-electron chi connectivity index (χ4n) is 3.23. The van der Waals surface area contributed by atoms with Crippen LogP contribution in [0.1, 0.15) is 17.5 Å². The molecule has 1 fully saturated rings. The lowest BCUT2D eigenvalue weighted by Gasteiger charge is -2.16. The Hall–Kier alpha value is -2.54. The van der Waals surface area contributed by atoms with E-state index in [4.69, 9.17) is 4.74 Å². The summed E-state index contributed by atoms with van der Waals surface area (Å²) in [6.07, 6.45) is -3.58. The molecule has 1 saturated heterocycles. The second-order valence-electron chi connectivity index (χ2n) is 6.61. The van der Waals surface area contributed by atoms with Crippen LogP contribution in [0.5, 0.6) is 11.5 Å². The van der Waals surface area contributed by atoms with Gasteiger partial charge in [-0.25, -0.2) is 0 Å². The van der Waals surface area contributed by atoms with Gasteiger partial charge in [-0.2, -0.15) is 13.2 Å². The minimum atomic E-state index is -4.40. The standard InChI is InChI=1S/C20H21F3N2O2/c1-24-19(26)15-8-9-25(13-15)12-14-4-2-6-17(10-14)27-18-7-3-5-16(11-18)20(21,22)23/h2-7,10-11,15H,8-9,12-13H2,1H3,(H,24,26). The van der Waals surface area contributed by atoms with Crippen LogP contribution in [0.4, 0.5) is 13.2 Å². The van der Waals surface area contributed by atoms with Crippen LogP contribution in [-0.2, 0) is 17.5 Å². The highest BCUT2D eigenvalue weighted by molar-refractivity contribution is 5.78. The van der Waals surface area contributed by atoms with Gasteiger partial charge in [0.1, 0.15) is 11.5 Å². The molecule has 3 rings (SSSR count). The molecule has 0 bridgehead atoms. The van der Waals surface area contributed by atoms with Crippen LogP contribution >= 0.6 is 0 Å². The van der Waals surface area contributed by atoms with E-state index >= 15 is 0 Å². The maximum atomic E-state index is 12.8. The van der Waals surface area contributed by atoms with Crippen molar-refractivity contribution >= 4 is 5.91 Å². The Morgan fingerprint density at radius 3 is 2.59 bits per heavy atom. The van der Waals surface area contributed by atoms with E-state index in [2.05, 4.69) is 10.2 Å². The molecular weight excluding hydrogens is 357 g/mol. The number of alkyl halides is 3. The van der Waals surface area contributed by atoms with Crippen molar-refractivity contribution in [2.75, 3.05) is 20.1 Å². The number of hydrogen-bond donors (Lipinski definition) is 1. The zero-order valence-electron chi connectivity index (χ0n) is 14.9. The van der Waals surface area contributed by atoms with Gasteiger partial charge < -0.3 is 10.1 Å². The van der Waals surface area contributed by atoms with E-state index in [1.54, 1.807) is 13.1 Å². The number of amides is 1. The van der Waals surface area contributed by atoms with E-state index in [0.29, 0.717) is 18.8 Å². The molecule has 1 N–H and O–H groups in total. The summed E-state index contributed by atoms with van der Waals surface area (Å²) >= 11 is 0. The maximum absolute atomic E-state index is 12.8. The van der Waals surface area contributed by atoms with Crippen molar-refractivity contribution in [3.63, 3.8) is 0 Å². The summed E-state index contributed by atoms with van der Waals surface area (Å²) in [6.45, 7) is 2.18. The first kappa shape index (κ1) is 19.2. The van der Waals surface area contributed by atoms with Crippen LogP contribution < -0.4 is 10.1 Å². The monoisotopic (exact) mass is 378 g/mol. The van der Waals surface area contributed by atoms with E-state index in [1.165, 1.54) is 12.1 Å². The molecule has 0 saturated carbocycles. The Morgan fingerprint density at radius 1 is 1.19 bits per heavy atom. The van der Waals surface area contributed by atoms with Crippen molar-refractivity contribution in [2.24, 2.45) is 5.92 Å². The van der Waals surface area contributed by atoms with E-state index in [-0.39, 0.29) is 17.6 Å². The largest absolute Gasteiger partial charge is 0.457 e. The number of likely N-dealkylation sites (tertiary alicyclic amines) is 1. The average Bonchev–Trinajstić information content (AvgIpc) is 3.09. The molecule has 0 aromatic heterocycles.